The Balaban J connectivity index is 1.59. The molecule has 164 valence electrons. The van der Waals surface area contributed by atoms with E-state index >= 15 is 0 Å². The molecule has 0 aliphatic carbocycles. The van der Waals surface area contributed by atoms with Crippen molar-refractivity contribution < 1.29 is 14.3 Å². The fraction of sp³-hybridized carbons (Fsp3) is 0.200. The number of nitrogens with zero attached hydrogens (tertiary/aromatic N) is 2. The van der Waals surface area contributed by atoms with Gasteiger partial charge in [0.2, 0.25) is 0 Å². The molecular weight excluding hydrogens is 404 g/mol. The van der Waals surface area contributed by atoms with Gasteiger partial charge in [-0.2, -0.15) is 0 Å². The van der Waals surface area contributed by atoms with Gasteiger partial charge in [-0.15, -0.1) is 0 Å². The number of hydrogen-bond donors (Lipinski definition) is 2. The number of carbonyl (C=O) groups excluding carboxylic acids is 1. The van der Waals surface area contributed by atoms with Gasteiger partial charge in [0, 0.05) is 31.1 Å². The van der Waals surface area contributed by atoms with Gasteiger partial charge in [0.1, 0.15) is 18.0 Å². The van der Waals surface area contributed by atoms with Crippen molar-refractivity contribution in [2.24, 2.45) is 0 Å². The van der Waals surface area contributed by atoms with Gasteiger partial charge in [0.25, 0.3) is 0 Å². The van der Waals surface area contributed by atoms with Crippen molar-refractivity contribution in [3.05, 3.63) is 73.1 Å². The summed E-state index contributed by atoms with van der Waals surface area (Å²) < 4.78 is 12.8. The van der Waals surface area contributed by atoms with Gasteiger partial charge in [-0.3, -0.25) is 4.40 Å². The second-order valence-corrected chi connectivity index (χ2v) is 7.22. The average molecular weight is 431 g/mol. The van der Waals surface area contributed by atoms with Gasteiger partial charge in [-0.25, -0.2) is 9.78 Å². The molecule has 32 heavy (non-hydrogen) atoms. The molecule has 0 radical (unpaired) electrons. The van der Waals surface area contributed by atoms with Crippen LogP contribution in [0.5, 0.6) is 5.75 Å². The molecule has 7 nitrogen and oxygen atoms in total. The highest BCUT2D eigenvalue weighted by Crippen LogP contribution is 2.28. The predicted molar refractivity (Wildman–Crippen MR) is 126 cm³/mol. The summed E-state index contributed by atoms with van der Waals surface area (Å²) >= 11 is 0. The molecule has 0 saturated heterocycles. The topological polar surface area (TPSA) is 76.9 Å². The summed E-state index contributed by atoms with van der Waals surface area (Å²) in [6.07, 6.45) is 3.85. The van der Waals surface area contributed by atoms with E-state index in [0.29, 0.717) is 19.8 Å². The lowest BCUT2D eigenvalue weighted by atomic mass is 10.1. The van der Waals surface area contributed by atoms with Gasteiger partial charge in [0.05, 0.1) is 18.5 Å². The number of ether oxygens (including phenoxy) is 2. The molecule has 0 aliphatic heterocycles. The SMILES string of the molecule is CCNC(=O)Nc1cccc(-c2cnc3cc(-c4cccc(OCCOC)c4)ccn23)c1. The van der Waals surface area contributed by atoms with E-state index in [1.807, 2.05) is 66.2 Å². The molecule has 0 saturated carbocycles. The maximum absolute atomic E-state index is 11.8. The van der Waals surface area contributed by atoms with Gasteiger partial charge in [-0.05, 0) is 54.4 Å². The van der Waals surface area contributed by atoms with Crippen LogP contribution in [-0.2, 0) is 4.74 Å². The van der Waals surface area contributed by atoms with Crippen molar-refractivity contribution in [1.82, 2.24) is 14.7 Å². The second-order valence-electron chi connectivity index (χ2n) is 7.22. The molecule has 2 N–H and O–H groups in total. The van der Waals surface area contributed by atoms with Gasteiger partial charge in [0.15, 0.2) is 0 Å². The second kappa shape index (κ2) is 9.98. The standard InChI is InChI=1S/C25H26N4O3/c1-3-26-25(30)28-21-8-4-7-20(14-21)23-17-27-24-16-19(10-11-29(23)24)18-6-5-9-22(15-18)32-13-12-31-2/h4-11,14-17H,3,12-13H2,1-2H3,(H2,26,28,30). The Kier molecular flexibility index (Phi) is 6.67. The smallest absolute Gasteiger partial charge is 0.319 e. The number of aromatic nitrogens is 2. The van der Waals surface area contributed by atoms with Crippen LogP contribution in [-0.4, -0.2) is 42.3 Å². The maximum Gasteiger partial charge on any atom is 0.319 e. The number of carbonyl (C=O) groups is 1. The Hall–Kier alpha value is -3.84. The van der Waals surface area contributed by atoms with Crippen LogP contribution in [0.4, 0.5) is 10.5 Å². The number of fused-ring (bicyclic) bond motifs is 1. The lowest BCUT2D eigenvalue weighted by Gasteiger charge is -2.09. The van der Waals surface area contributed by atoms with E-state index in [0.717, 1.165) is 39.5 Å². The number of hydrogen-bond acceptors (Lipinski definition) is 4. The quantitative estimate of drug-likeness (QED) is 0.392. The molecule has 0 atom stereocenters. The molecule has 0 aliphatic rings. The minimum Gasteiger partial charge on any atom is -0.491 e. The van der Waals surface area contributed by atoms with Gasteiger partial charge in [-0.1, -0.05) is 24.3 Å². The minimum absolute atomic E-state index is 0.221. The minimum atomic E-state index is -0.221. The molecular formula is C25H26N4O3. The zero-order chi connectivity index (χ0) is 22.3. The van der Waals surface area contributed by atoms with Gasteiger partial charge >= 0.3 is 6.03 Å². The molecule has 2 heterocycles. The summed E-state index contributed by atoms with van der Waals surface area (Å²) in [6.45, 7) is 3.51. The zero-order valence-corrected chi connectivity index (χ0v) is 18.2. The number of methoxy groups -OCH3 is 1. The molecule has 0 fully saturated rings. The third kappa shape index (κ3) is 4.90. The third-order valence-corrected chi connectivity index (χ3v) is 4.99. The van der Waals surface area contributed by atoms with Crippen LogP contribution in [0.1, 0.15) is 6.92 Å². The molecule has 0 spiro atoms. The molecule has 2 aromatic carbocycles. The summed E-state index contributed by atoms with van der Waals surface area (Å²) in [5, 5.41) is 5.58. The van der Waals surface area contributed by atoms with Crippen molar-refractivity contribution in [2.75, 3.05) is 32.2 Å². The number of anilines is 1. The highest BCUT2D eigenvalue weighted by atomic mass is 16.5. The van der Waals surface area contributed by atoms with E-state index in [-0.39, 0.29) is 6.03 Å². The first-order valence-electron chi connectivity index (χ1n) is 10.5. The summed E-state index contributed by atoms with van der Waals surface area (Å²) in [5.41, 5.74) is 5.59. The first kappa shape index (κ1) is 21.4. The number of amides is 2. The van der Waals surface area contributed by atoms with E-state index in [2.05, 4.69) is 33.8 Å². The number of pyridine rings is 1. The molecule has 4 aromatic rings. The predicted octanol–water partition coefficient (Wildman–Crippen LogP) is 4.83. The van der Waals surface area contributed by atoms with Crippen molar-refractivity contribution in [1.29, 1.82) is 0 Å². The number of rotatable bonds is 8. The number of urea groups is 1. The number of benzene rings is 2. The van der Waals surface area contributed by atoms with Crippen molar-refractivity contribution in [3.8, 4) is 28.1 Å². The van der Waals surface area contributed by atoms with E-state index in [4.69, 9.17) is 9.47 Å². The molecule has 4 rings (SSSR count). The molecule has 2 amide bonds. The van der Waals surface area contributed by atoms with Crippen LogP contribution in [0.2, 0.25) is 0 Å². The highest BCUT2D eigenvalue weighted by molar-refractivity contribution is 5.90. The van der Waals surface area contributed by atoms with Crippen LogP contribution >= 0.6 is 0 Å². The first-order valence-corrected chi connectivity index (χ1v) is 10.5. The van der Waals surface area contributed by atoms with E-state index in [1.54, 1.807) is 7.11 Å². The normalized spacial score (nSPS) is 10.8. The largest absolute Gasteiger partial charge is 0.491 e. The summed E-state index contributed by atoms with van der Waals surface area (Å²) in [7, 11) is 1.66. The van der Waals surface area contributed by atoms with Crippen molar-refractivity contribution in [2.45, 2.75) is 6.92 Å². The maximum atomic E-state index is 11.8. The Morgan fingerprint density at radius 1 is 1.00 bits per heavy atom. The Morgan fingerprint density at radius 3 is 2.66 bits per heavy atom. The fourth-order valence-electron chi connectivity index (χ4n) is 3.47. The fourth-order valence-corrected chi connectivity index (χ4v) is 3.47. The molecule has 0 bridgehead atoms. The van der Waals surface area contributed by atoms with Crippen LogP contribution < -0.4 is 15.4 Å². The van der Waals surface area contributed by atoms with Crippen molar-refractivity contribution in [3.63, 3.8) is 0 Å². The zero-order valence-electron chi connectivity index (χ0n) is 18.2. The lowest BCUT2D eigenvalue weighted by molar-refractivity contribution is 0.146. The van der Waals surface area contributed by atoms with Crippen LogP contribution in [0.3, 0.4) is 0 Å². The Morgan fingerprint density at radius 2 is 1.81 bits per heavy atom. The van der Waals surface area contributed by atoms with Crippen LogP contribution in [0.15, 0.2) is 73.1 Å². The van der Waals surface area contributed by atoms with Crippen LogP contribution in [0, 0.1) is 0 Å². The van der Waals surface area contributed by atoms with E-state index in [1.165, 1.54) is 0 Å². The third-order valence-electron chi connectivity index (χ3n) is 4.99. The van der Waals surface area contributed by atoms with E-state index < -0.39 is 0 Å². The van der Waals surface area contributed by atoms with E-state index in [9.17, 15) is 4.79 Å². The summed E-state index contributed by atoms with van der Waals surface area (Å²) in [5.74, 6) is 0.805. The average Bonchev–Trinajstić information content (AvgIpc) is 3.23. The summed E-state index contributed by atoms with van der Waals surface area (Å²) in [6, 6.07) is 19.6. The first-order chi connectivity index (χ1) is 15.7. The Bertz CT molecular complexity index is 1220. The Labute approximate surface area is 187 Å². The van der Waals surface area contributed by atoms with Gasteiger partial charge < -0.3 is 20.1 Å². The highest BCUT2D eigenvalue weighted by Gasteiger charge is 2.09. The lowest BCUT2D eigenvalue weighted by Crippen LogP contribution is -2.28. The van der Waals surface area contributed by atoms with Crippen LogP contribution in [0.25, 0.3) is 28.0 Å². The number of imidazole rings is 1. The van der Waals surface area contributed by atoms with Crippen molar-refractivity contribution >= 4 is 17.4 Å². The molecule has 2 aromatic heterocycles. The monoisotopic (exact) mass is 430 g/mol. The molecule has 0 unspecified atom stereocenters. The summed E-state index contributed by atoms with van der Waals surface area (Å²) in [4.78, 5) is 16.4. The number of nitrogens with one attached hydrogen (secondary N) is 2. The molecule has 7 heteroatoms.